The Kier molecular flexibility index (Phi) is 5.74. The van der Waals surface area contributed by atoms with Gasteiger partial charge in [-0.1, -0.05) is 6.07 Å². The molecule has 0 aliphatic carbocycles. The topological polar surface area (TPSA) is 61.5 Å². The molecule has 4 nitrogen and oxygen atoms in total. The SMILES string of the molecule is COc1ccc(C(N)C=O)cc1OC.Cl. The zero-order chi connectivity index (χ0) is 10.6. The number of benzene rings is 1. The van der Waals surface area contributed by atoms with Crippen LogP contribution >= 0.6 is 12.4 Å². The van der Waals surface area contributed by atoms with Crippen molar-refractivity contribution in [2.45, 2.75) is 6.04 Å². The molecule has 1 rings (SSSR count). The van der Waals surface area contributed by atoms with Gasteiger partial charge in [-0.05, 0) is 17.7 Å². The lowest BCUT2D eigenvalue weighted by atomic mass is 10.1. The molecule has 1 unspecified atom stereocenters. The van der Waals surface area contributed by atoms with Crippen molar-refractivity contribution in [2.75, 3.05) is 14.2 Å². The van der Waals surface area contributed by atoms with Crippen LogP contribution < -0.4 is 15.2 Å². The highest BCUT2D eigenvalue weighted by atomic mass is 35.5. The van der Waals surface area contributed by atoms with Crippen LogP contribution in [0.2, 0.25) is 0 Å². The molecule has 5 heteroatoms. The number of hydrogen-bond acceptors (Lipinski definition) is 4. The Morgan fingerprint density at radius 2 is 1.87 bits per heavy atom. The molecule has 0 bridgehead atoms. The second kappa shape index (κ2) is 6.27. The van der Waals surface area contributed by atoms with Gasteiger partial charge < -0.3 is 20.0 Å². The molecule has 0 aromatic heterocycles. The van der Waals surface area contributed by atoms with Crippen LogP contribution in [0.5, 0.6) is 11.5 Å². The summed E-state index contributed by atoms with van der Waals surface area (Å²) in [6.45, 7) is 0. The summed E-state index contributed by atoms with van der Waals surface area (Å²) >= 11 is 0. The van der Waals surface area contributed by atoms with Crippen molar-refractivity contribution in [3.8, 4) is 11.5 Å². The van der Waals surface area contributed by atoms with Crippen molar-refractivity contribution in [1.82, 2.24) is 0 Å². The number of aldehydes is 1. The fourth-order valence-electron chi connectivity index (χ4n) is 1.14. The number of halogens is 1. The molecule has 84 valence electrons. The van der Waals surface area contributed by atoms with Crippen molar-refractivity contribution < 1.29 is 14.3 Å². The summed E-state index contributed by atoms with van der Waals surface area (Å²) in [7, 11) is 3.09. The maximum atomic E-state index is 10.5. The molecular weight excluding hydrogens is 218 g/mol. The molecule has 0 saturated heterocycles. The first-order chi connectivity index (χ1) is 6.72. The third-order valence-electron chi connectivity index (χ3n) is 1.94. The summed E-state index contributed by atoms with van der Waals surface area (Å²) < 4.78 is 10.1. The van der Waals surface area contributed by atoms with Crippen LogP contribution in [0.4, 0.5) is 0 Å². The Balaban J connectivity index is 0.00000196. The molecule has 0 aliphatic rings. The fourth-order valence-corrected chi connectivity index (χ4v) is 1.14. The largest absolute Gasteiger partial charge is 0.493 e. The highest BCUT2D eigenvalue weighted by Crippen LogP contribution is 2.28. The summed E-state index contributed by atoms with van der Waals surface area (Å²) in [5, 5.41) is 0. The predicted octanol–water partition coefficient (Wildman–Crippen LogP) is 1.32. The van der Waals surface area contributed by atoms with E-state index >= 15 is 0 Å². The molecule has 0 aliphatic heterocycles. The third-order valence-corrected chi connectivity index (χ3v) is 1.94. The first-order valence-electron chi connectivity index (χ1n) is 4.15. The molecule has 1 aromatic rings. The van der Waals surface area contributed by atoms with E-state index in [0.29, 0.717) is 23.3 Å². The highest BCUT2D eigenvalue weighted by Gasteiger charge is 2.08. The molecule has 0 amide bonds. The number of carbonyl (C=O) groups excluding carboxylic acids is 1. The van der Waals surface area contributed by atoms with E-state index in [1.165, 1.54) is 7.11 Å². The van der Waals surface area contributed by atoms with Crippen LogP contribution in [0.1, 0.15) is 11.6 Å². The van der Waals surface area contributed by atoms with Gasteiger partial charge in [0, 0.05) is 0 Å². The summed E-state index contributed by atoms with van der Waals surface area (Å²) in [6, 6.07) is 4.53. The lowest BCUT2D eigenvalue weighted by molar-refractivity contribution is -0.109. The van der Waals surface area contributed by atoms with Crippen LogP contribution in [0.25, 0.3) is 0 Å². The van der Waals surface area contributed by atoms with Gasteiger partial charge in [-0.2, -0.15) is 0 Å². The predicted molar refractivity (Wildman–Crippen MR) is 59.8 cm³/mol. The van der Waals surface area contributed by atoms with E-state index in [1.54, 1.807) is 25.3 Å². The van der Waals surface area contributed by atoms with Crippen molar-refractivity contribution in [1.29, 1.82) is 0 Å². The Bertz CT molecular complexity index is 330. The number of rotatable bonds is 4. The Morgan fingerprint density at radius 1 is 1.27 bits per heavy atom. The van der Waals surface area contributed by atoms with E-state index in [2.05, 4.69) is 0 Å². The van der Waals surface area contributed by atoms with Gasteiger partial charge in [-0.3, -0.25) is 0 Å². The van der Waals surface area contributed by atoms with Gasteiger partial charge in [0.25, 0.3) is 0 Å². The second-order valence-electron chi connectivity index (χ2n) is 2.78. The van der Waals surface area contributed by atoms with Crippen LogP contribution in [0, 0.1) is 0 Å². The van der Waals surface area contributed by atoms with E-state index in [1.807, 2.05) is 0 Å². The minimum atomic E-state index is -0.616. The summed E-state index contributed by atoms with van der Waals surface area (Å²) in [6.07, 6.45) is 0.682. The van der Waals surface area contributed by atoms with E-state index in [9.17, 15) is 4.79 Å². The fraction of sp³-hybridized carbons (Fsp3) is 0.300. The average molecular weight is 232 g/mol. The minimum absolute atomic E-state index is 0. The first-order valence-corrected chi connectivity index (χ1v) is 4.15. The molecule has 0 spiro atoms. The van der Waals surface area contributed by atoms with Crippen molar-refractivity contribution >= 4 is 18.7 Å². The van der Waals surface area contributed by atoms with E-state index in [-0.39, 0.29) is 12.4 Å². The van der Waals surface area contributed by atoms with Gasteiger partial charge in [0.2, 0.25) is 0 Å². The van der Waals surface area contributed by atoms with Crippen LogP contribution in [0.15, 0.2) is 18.2 Å². The monoisotopic (exact) mass is 231 g/mol. The summed E-state index contributed by atoms with van der Waals surface area (Å²) in [5.74, 6) is 1.19. The Hall–Kier alpha value is -1.26. The van der Waals surface area contributed by atoms with Gasteiger partial charge in [0.15, 0.2) is 11.5 Å². The number of carbonyl (C=O) groups is 1. The highest BCUT2D eigenvalue weighted by molar-refractivity contribution is 5.85. The molecule has 0 fully saturated rings. The maximum Gasteiger partial charge on any atom is 0.161 e. The average Bonchev–Trinajstić information content (AvgIpc) is 2.26. The molecule has 0 saturated carbocycles. The normalized spacial score (nSPS) is 11.1. The molecule has 0 radical (unpaired) electrons. The Morgan fingerprint density at radius 3 is 2.33 bits per heavy atom. The van der Waals surface area contributed by atoms with Crippen LogP contribution in [0.3, 0.4) is 0 Å². The van der Waals surface area contributed by atoms with E-state index in [0.717, 1.165) is 0 Å². The summed E-state index contributed by atoms with van der Waals surface area (Å²) in [5.41, 5.74) is 6.25. The molecule has 1 atom stereocenters. The van der Waals surface area contributed by atoms with Crippen LogP contribution in [-0.2, 0) is 4.79 Å². The van der Waals surface area contributed by atoms with Crippen molar-refractivity contribution in [2.24, 2.45) is 5.73 Å². The number of methoxy groups -OCH3 is 2. The maximum absolute atomic E-state index is 10.5. The molecule has 1 aromatic carbocycles. The summed E-state index contributed by atoms with van der Waals surface area (Å²) in [4.78, 5) is 10.5. The van der Waals surface area contributed by atoms with Gasteiger partial charge in [0.05, 0.1) is 20.3 Å². The quantitative estimate of drug-likeness (QED) is 0.794. The number of ether oxygens (including phenoxy) is 2. The molecular formula is C10H14ClNO3. The van der Waals surface area contributed by atoms with Crippen LogP contribution in [-0.4, -0.2) is 20.5 Å². The second-order valence-corrected chi connectivity index (χ2v) is 2.78. The van der Waals surface area contributed by atoms with Gasteiger partial charge in [-0.15, -0.1) is 12.4 Å². The molecule has 15 heavy (non-hydrogen) atoms. The standard InChI is InChI=1S/C10H13NO3.ClH/c1-13-9-4-3-7(8(11)6-12)5-10(9)14-2;/h3-6,8H,11H2,1-2H3;1H. The molecule has 0 heterocycles. The van der Waals surface area contributed by atoms with Crippen molar-refractivity contribution in [3.05, 3.63) is 23.8 Å². The van der Waals surface area contributed by atoms with E-state index < -0.39 is 6.04 Å². The third kappa shape index (κ3) is 3.11. The number of nitrogens with two attached hydrogens (primary N) is 1. The zero-order valence-electron chi connectivity index (χ0n) is 8.60. The lowest BCUT2D eigenvalue weighted by Crippen LogP contribution is -2.11. The smallest absolute Gasteiger partial charge is 0.161 e. The van der Waals surface area contributed by atoms with Crippen molar-refractivity contribution in [3.63, 3.8) is 0 Å². The number of hydrogen-bond donors (Lipinski definition) is 1. The Labute approximate surface area is 94.8 Å². The van der Waals surface area contributed by atoms with Gasteiger partial charge >= 0.3 is 0 Å². The van der Waals surface area contributed by atoms with Gasteiger partial charge in [0.1, 0.15) is 6.29 Å². The first kappa shape index (κ1) is 13.7. The lowest BCUT2D eigenvalue weighted by Gasteiger charge is -2.10. The molecule has 2 N–H and O–H groups in total. The zero-order valence-corrected chi connectivity index (χ0v) is 9.41. The van der Waals surface area contributed by atoms with Gasteiger partial charge in [-0.25, -0.2) is 0 Å². The van der Waals surface area contributed by atoms with E-state index in [4.69, 9.17) is 15.2 Å². The minimum Gasteiger partial charge on any atom is -0.493 e.